The topological polar surface area (TPSA) is 257 Å². The minimum atomic E-state index is -3.10. The van der Waals surface area contributed by atoms with Gasteiger partial charge in [0.15, 0.2) is 5.82 Å². The maximum absolute atomic E-state index is 14.5. The number of carbonyl (C=O) groups excluding carboxylic acids is 6. The van der Waals surface area contributed by atoms with Gasteiger partial charge in [0.25, 0.3) is 17.7 Å². The lowest BCUT2D eigenvalue weighted by atomic mass is 10.0. The number of aromatic nitrogens is 7. The number of aromatic amines is 1. The number of benzene rings is 1. The number of ether oxygens (including phenoxy) is 1. The number of hydrogen-bond donors (Lipinski definition) is 3. The summed E-state index contributed by atoms with van der Waals surface area (Å²) in [6.45, 7) is 4.34. The monoisotopic (exact) mass is 904 g/mol. The number of aryl methyl sites for hydroxylation is 2. The quantitative estimate of drug-likeness (QED) is 0.100. The predicted octanol–water partition coefficient (Wildman–Crippen LogP) is 3.68. The Labute approximate surface area is 373 Å². The molecule has 3 fully saturated rings. The first-order chi connectivity index (χ1) is 31.3. The zero-order chi connectivity index (χ0) is 45.5. The molecule has 338 valence electrons. The molecule has 3 N–H and O–H groups in total. The number of piperidine rings is 1. The molecule has 1 unspecified atom stereocenters. The molecule has 5 aromatic rings. The van der Waals surface area contributed by atoms with Crippen molar-refractivity contribution in [3.8, 4) is 11.4 Å². The van der Waals surface area contributed by atoms with Crippen LogP contribution in [-0.2, 0) is 51.4 Å². The van der Waals surface area contributed by atoms with Gasteiger partial charge >= 0.3 is 0 Å². The fourth-order valence-corrected chi connectivity index (χ4v) is 10.8. The van der Waals surface area contributed by atoms with Gasteiger partial charge in [-0.3, -0.25) is 43.7 Å². The number of imide groups is 2. The third kappa shape index (κ3) is 8.64. The summed E-state index contributed by atoms with van der Waals surface area (Å²) in [5.74, 6) is -2.15. The standard InChI is InChI=1S/C44H48N12O8S/c1-26-25-64-22-21-55(26)34-23-33(48-40(49-34)29-15-19-46-39-28(29)14-18-45-39)44(16-17-44)65(2,63)52-37(59)12-10-27-24-54(53-51-27)20-5-3-4-9-35(57)47-31-8-6-7-30-38(31)43(62)56(42(30)61)32-11-13-36(58)50-41(32)60/h6-8,14-15,18-19,23-24,26,32H,3-5,9-13,16-17,20-22,25H2,1-2H3,(H,45,46)(H,47,57)(H,50,58,60)/t26-,32?,65-/m1/s1. The van der Waals surface area contributed by atoms with Gasteiger partial charge in [0.05, 0.1) is 61.9 Å². The van der Waals surface area contributed by atoms with Crippen molar-refractivity contribution in [1.29, 1.82) is 0 Å². The highest BCUT2D eigenvalue weighted by molar-refractivity contribution is 7.94. The van der Waals surface area contributed by atoms with Crippen LogP contribution in [0.2, 0.25) is 0 Å². The first-order valence-corrected chi connectivity index (χ1v) is 23.7. The molecule has 4 aromatic heterocycles. The van der Waals surface area contributed by atoms with E-state index >= 15 is 0 Å². The van der Waals surface area contributed by atoms with E-state index in [1.54, 1.807) is 29.4 Å². The van der Waals surface area contributed by atoms with E-state index in [-0.39, 0.29) is 60.9 Å². The van der Waals surface area contributed by atoms with Gasteiger partial charge in [-0.2, -0.15) is 4.36 Å². The van der Waals surface area contributed by atoms with Crippen LogP contribution in [0.1, 0.15) is 96.8 Å². The Morgan fingerprint density at radius 2 is 1.88 bits per heavy atom. The molecule has 0 spiro atoms. The van der Waals surface area contributed by atoms with Crippen molar-refractivity contribution in [2.75, 3.05) is 36.2 Å². The molecular formula is C44H48N12O8S. The van der Waals surface area contributed by atoms with Gasteiger partial charge in [0.2, 0.25) is 17.7 Å². The normalized spacial score (nSPS) is 20.1. The van der Waals surface area contributed by atoms with Gasteiger partial charge in [-0.15, -0.1) is 5.10 Å². The van der Waals surface area contributed by atoms with E-state index in [4.69, 9.17) is 14.7 Å². The van der Waals surface area contributed by atoms with Gasteiger partial charge in [-0.1, -0.05) is 17.7 Å². The lowest BCUT2D eigenvalue weighted by Crippen LogP contribution is -2.54. The number of anilines is 2. The average molecular weight is 905 g/mol. The fourth-order valence-electron chi connectivity index (χ4n) is 8.79. The lowest BCUT2D eigenvalue weighted by Gasteiger charge is -2.35. The predicted molar refractivity (Wildman–Crippen MR) is 236 cm³/mol. The first kappa shape index (κ1) is 43.5. The number of rotatable bonds is 15. The van der Waals surface area contributed by atoms with Crippen LogP contribution < -0.4 is 15.5 Å². The maximum atomic E-state index is 14.5. The Hall–Kier alpha value is -6.74. The second-order valence-electron chi connectivity index (χ2n) is 16.9. The van der Waals surface area contributed by atoms with Gasteiger partial charge in [0, 0.05) is 80.6 Å². The van der Waals surface area contributed by atoms with E-state index in [9.17, 15) is 33.0 Å². The molecule has 20 nitrogen and oxygen atoms in total. The summed E-state index contributed by atoms with van der Waals surface area (Å²) in [4.78, 5) is 97.4. The van der Waals surface area contributed by atoms with E-state index in [0.29, 0.717) is 87.1 Å². The molecule has 65 heavy (non-hydrogen) atoms. The second-order valence-corrected chi connectivity index (χ2v) is 19.5. The number of morpholine rings is 1. The molecule has 7 heterocycles. The third-order valence-electron chi connectivity index (χ3n) is 12.5. The van der Waals surface area contributed by atoms with Gasteiger partial charge in [-0.25, -0.2) is 19.2 Å². The van der Waals surface area contributed by atoms with Crippen molar-refractivity contribution < 1.29 is 37.7 Å². The highest BCUT2D eigenvalue weighted by Gasteiger charge is 2.54. The van der Waals surface area contributed by atoms with Crippen LogP contribution in [0, 0.1) is 0 Å². The van der Waals surface area contributed by atoms with Crippen LogP contribution in [-0.4, -0.2) is 118 Å². The van der Waals surface area contributed by atoms with Crippen LogP contribution in [0.3, 0.4) is 0 Å². The Kier molecular flexibility index (Phi) is 11.8. The maximum Gasteiger partial charge on any atom is 0.264 e. The number of fused-ring (bicyclic) bond motifs is 2. The molecule has 3 aliphatic heterocycles. The van der Waals surface area contributed by atoms with Crippen LogP contribution in [0.5, 0.6) is 0 Å². The number of unbranched alkanes of at least 4 members (excludes halogenated alkanes) is 2. The number of H-pyrrole nitrogens is 1. The molecular weight excluding hydrogens is 857 g/mol. The zero-order valence-electron chi connectivity index (χ0n) is 35.9. The molecule has 2 saturated heterocycles. The summed E-state index contributed by atoms with van der Waals surface area (Å²) in [5.41, 5.74) is 2.97. The number of carbonyl (C=O) groups is 6. The van der Waals surface area contributed by atoms with Crippen LogP contribution in [0.4, 0.5) is 11.5 Å². The second kappa shape index (κ2) is 17.7. The van der Waals surface area contributed by atoms with Gasteiger partial charge in [0.1, 0.15) is 17.5 Å². The zero-order valence-corrected chi connectivity index (χ0v) is 36.8. The summed E-state index contributed by atoms with van der Waals surface area (Å²) in [7, 11) is -3.10. The Morgan fingerprint density at radius 1 is 1.03 bits per heavy atom. The van der Waals surface area contributed by atoms with E-state index in [0.717, 1.165) is 15.8 Å². The van der Waals surface area contributed by atoms with Gasteiger partial charge < -0.3 is 19.9 Å². The van der Waals surface area contributed by atoms with Crippen molar-refractivity contribution >= 4 is 67.7 Å². The Balaban J connectivity index is 0.778. The van der Waals surface area contributed by atoms with Crippen LogP contribution in [0.15, 0.2) is 59.4 Å². The van der Waals surface area contributed by atoms with Crippen LogP contribution in [0.25, 0.3) is 22.4 Å². The van der Waals surface area contributed by atoms with E-state index < -0.39 is 50.1 Å². The average Bonchev–Trinajstić information content (AvgIpc) is 3.64. The van der Waals surface area contributed by atoms with E-state index in [2.05, 4.69) is 47.1 Å². The summed E-state index contributed by atoms with van der Waals surface area (Å²) in [5, 5.41) is 14.2. The minimum Gasteiger partial charge on any atom is -0.377 e. The summed E-state index contributed by atoms with van der Waals surface area (Å²) in [6.07, 6.45) is 10.3. The molecule has 0 bridgehead atoms. The fraction of sp³-hybridized carbons (Fsp3) is 0.432. The van der Waals surface area contributed by atoms with Crippen molar-refractivity contribution in [1.82, 2.24) is 45.1 Å². The molecule has 3 atom stereocenters. The number of amides is 6. The highest BCUT2D eigenvalue weighted by Crippen LogP contribution is 2.53. The summed E-state index contributed by atoms with van der Waals surface area (Å²) >= 11 is 0. The number of nitrogens with one attached hydrogen (secondary N) is 3. The van der Waals surface area contributed by atoms with E-state index in [1.165, 1.54) is 12.1 Å². The molecule has 1 saturated carbocycles. The number of hydrogen-bond acceptors (Lipinski definition) is 14. The Bertz CT molecular complexity index is 2880. The smallest absolute Gasteiger partial charge is 0.264 e. The summed E-state index contributed by atoms with van der Waals surface area (Å²) in [6, 6.07) is 9.21. The van der Waals surface area contributed by atoms with Crippen molar-refractivity contribution in [3.63, 3.8) is 0 Å². The number of nitrogens with zero attached hydrogens (tertiary/aromatic N) is 9. The SMILES string of the molecule is C[C@@H]1COCCN1c1cc(C2([S@@](C)(=O)=NC(=O)CCc3cn(CCCCCC(=O)Nc4cccc5c4C(=O)N(C4CCC(=O)NC4=O)C5=O)nn3)CC2)nc(-c2ccnc3[nH]ccc23)n1. The van der Waals surface area contributed by atoms with E-state index in [1.807, 2.05) is 24.4 Å². The van der Waals surface area contributed by atoms with Crippen molar-refractivity contribution in [3.05, 3.63) is 77.5 Å². The minimum absolute atomic E-state index is 0.00208. The highest BCUT2D eigenvalue weighted by atomic mass is 32.2. The first-order valence-electron chi connectivity index (χ1n) is 21.8. The third-order valence-corrected chi connectivity index (χ3v) is 15.1. The van der Waals surface area contributed by atoms with Crippen LogP contribution >= 0.6 is 0 Å². The lowest BCUT2D eigenvalue weighted by molar-refractivity contribution is -0.136. The van der Waals surface area contributed by atoms with Gasteiger partial charge in [-0.05, 0) is 63.3 Å². The largest absolute Gasteiger partial charge is 0.377 e. The molecule has 9 rings (SSSR count). The summed E-state index contributed by atoms with van der Waals surface area (Å²) < 4.78 is 25.3. The molecule has 4 aliphatic rings. The molecule has 1 aromatic carbocycles. The molecule has 6 amide bonds. The molecule has 1 aliphatic carbocycles. The Morgan fingerprint density at radius 3 is 2.68 bits per heavy atom. The molecule has 21 heteroatoms. The van der Waals surface area contributed by atoms with Crippen molar-refractivity contribution in [2.45, 2.75) is 94.5 Å². The molecule has 0 radical (unpaired) electrons. The number of pyridine rings is 1. The van der Waals surface area contributed by atoms with Crippen molar-refractivity contribution in [2.24, 2.45) is 4.36 Å².